The molecule has 0 atom stereocenters. The molecule has 0 radical (unpaired) electrons. The highest BCUT2D eigenvalue weighted by Crippen LogP contribution is 2.34. The van der Waals surface area contributed by atoms with E-state index >= 15 is 0 Å². The second-order valence-corrected chi connectivity index (χ2v) is 8.61. The molecule has 1 fully saturated rings. The van der Waals surface area contributed by atoms with Crippen LogP contribution in [0.3, 0.4) is 0 Å². The molecule has 1 saturated heterocycles. The molecule has 28 heavy (non-hydrogen) atoms. The Labute approximate surface area is 172 Å². The maximum absolute atomic E-state index is 13.1. The molecule has 0 aliphatic carbocycles. The third kappa shape index (κ3) is 4.75. The molecule has 0 amide bonds. The highest BCUT2D eigenvalue weighted by atomic mass is 32.2. The fourth-order valence-corrected chi connectivity index (χ4v) is 4.83. The van der Waals surface area contributed by atoms with Crippen LogP contribution >= 0.6 is 23.1 Å². The van der Waals surface area contributed by atoms with Gasteiger partial charge in [-0.05, 0) is 43.3 Å². The Bertz CT molecular complexity index is 909. The molecule has 0 bridgehead atoms. The molecule has 0 N–H and O–H groups in total. The Kier molecular flexibility index (Phi) is 6.31. The maximum Gasteiger partial charge on any atom is 0.124 e. The summed E-state index contributed by atoms with van der Waals surface area (Å²) in [5.41, 5.74) is 2.64. The number of thioether (sulfide) groups is 1. The first-order chi connectivity index (χ1) is 13.7. The zero-order chi connectivity index (χ0) is 19.3. The first-order valence-electron chi connectivity index (χ1n) is 9.19. The fraction of sp³-hybridized carbons (Fsp3) is 0.350. The third-order valence-corrected chi connectivity index (χ3v) is 6.65. The summed E-state index contributed by atoms with van der Waals surface area (Å²) >= 11 is 3.27. The van der Waals surface area contributed by atoms with Gasteiger partial charge in [0.15, 0.2) is 0 Å². The number of aryl methyl sites for hydroxylation is 1. The van der Waals surface area contributed by atoms with Crippen LogP contribution in [0.1, 0.15) is 5.69 Å². The predicted octanol–water partition coefficient (Wildman–Crippen LogP) is 4.14. The van der Waals surface area contributed by atoms with Crippen molar-refractivity contribution in [3.05, 3.63) is 47.9 Å². The number of ether oxygens (including phenoxy) is 1. The minimum Gasteiger partial charge on any atom is -0.379 e. The van der Waals surface area contributed by atoms with E-state index in [1.54, 1.807) is 35.2 Å². The number of morpholine rings is 1. The summed E-state index contributed by atoms with van der Waals surface area (Å²) in [5, 5.41) is 10.6. The van der Waals surface area contributed by atoms with Crippen molar-refractivity contribution in [1.29, 1.82) is 0 Å². The van der Waals surface area contributed by atoms with E-state index in [1.165, 1.54) is 12.1 Å². The van der Waals surface area contributed by atoms with Gasteiger partial charge >= 0.3 is 0 Å². The molecular formula is C20H21FN4OS2. The van der Waals surface area contributed by atoms with Crippen LogP contribution in [0.5, 0.6) is 0 Å². The summed E-state index contributed by atoms with van der Waals surface area (Å²) in [4.78, 5) is 8.03. The Morgan fingerprint density at radius 1 is 1.11 bits per heavy atom. The van der Waals surface area contributed by atoms with Gasteiger partial charge < -0.3 is 4.74 Å². The number of halogens is 1. The van der Waals surface area contributed by atoms with Gasteiger partial charge in [-0.15, -0.1) is 33.3 Å². The Morgan fingerprint density at radius 3 is 2.61 bits per heavy atom. The Morgan fingerprint density at radius 2 is 1.89 bits per heavy atom. The highest BCUT2D eigenvalue weighted by molar-refractivity contribution is 7.99. The normalized spacial score (nSPS) is 15.1. The van der Waals surface area contributed by atoms with Gasteiger partial charge in [0.05, 0.1) is 23.8 Å². The summed E-state index contributed by atoms with van der Waals surface area (Å²) in [7, 11) is 0. The number of thiazole rings is 1. The zero-order valence-electron chi connectivity index (χ0n) is 15.6. The Hall–Kier alpha value is -1.87. The molecule has 3 heterocycles. The number of hydrogen-bond donors (Lipinski definition) is 0. The van der Waals surface area contributed by atoms with E-state index in [2.05, 4.69) is 20.1 Å². The Balaban J connectivity index is 1.40. The number of hydrogen-bond acceptors (Lipinski definition) is 7. The van der Waals surface area contributed by atoms with Crippen LogP contribution in [0.4, 0.5) is 4.39 Å². The molecule has 4 rings (SSSR count). The average Bonchev–Trinajstić information content (AvgIpc) is 3.11. The lowest BCUT2D eigenvalue weighted by Gasteiger charge is -2.26. The average molecular weight is 417 g/mol. The van der Waals surface area contributed by atoms with Crippen LogP contribution in [0, 0.1) is 12.7 Å². The quantitative estimate of drug-likeness (QED) is 0.563. The molecule has 1 aliphatic heterocycles. The summed E-state index contributed by atoms with van der Waals surface area (Å²) in [6.45, 7) is 6.66. The number of nitrogens with zero attached hydrogens (tertiary/aromatic N) is 4. The monoisotopic (exact) mass is 416 g/mol. The van der Waals surface area contributed by atoms with E-state index in [0.29, 0.717) is 0 Å². The van der Waals surface area contributed by atoms with Crippen molar-refractivity contribution in [1.82, 2.24) is 20.1 Å². The number of aromatic nitrogens is 3. The highest BCUT2D eigenvalue weighted by Gasteiger charge is 2.14. The van der Waals surface area contributed by atoms with Crippen LogP contribution in [0.2, 0.25) is 0 Å². The van der Waals surface area contributed by atoms with Crippen LogP contribution in [0.15, 0.2) is 41.4 Å². The first kappa shape index (κ1) is 19.4. The van der Waals surface area contributed by atoms with Crippen LogP contribution in [-0.4, -0.2) is 58.7 Å². The molecule has 1 aliphatic rings. The van der Waals surface area contributed by atoms with Gasteiger partial charge in [0, 0.05) is 31.0 Å². The van der Waals surface area contributed by atoms with Gasteiger partial charge in [-0.3, -0.25) is 4.90 Å². The number of benzene rings is 1. The van der Waals surface area contributed by atoms with Crippen molar-refractivity contribution in [2.75, 3.05) is 38.6 Å². The van der Waals surface area contributed by atoms with Crippen molar-refractivity contribution in [2.45, 2.75) is 11.9 Å². The van der Waals surface area contributed by atoms with E-state index in [1.807, 2.05) is 19.1 Å². The van der Waals surface area contributed by atoms with Crippen LogP contribution in [0.25, 0.3) is 21.1 Å². The van der Waals surface area contributed by atoms with Gasteiger partial charge in [-0.2, -0.15) is 0 Å². The second-order valence-electron chi connectivity index (χ2n) is 6.50. The molecule has 2 aromatic heterocycles. The molecule has 1 aromatic carbocycles. The molecule has 0 spiro atoms. The van der Waals surface area contributed by atoms with Crippen molar-refractivity contribution in [2.24, 2.45) is 0 Å². The lowest BCUT2D eigenvalue weighted by atomic mass is 10.2. The van der Waals surface area contributed by atoms with E-state index in [9.17, 15) is 4.39 Å². The number of rotatable bonds is 6. The SMILES string of the molecule is Cc1nc(-c2ccc(F)cc2)sc1-c1ccc(SCCN2CCOCC2)nn1. The molecule has 146 valence electrons. The lowest BCUT2D eigenvalue weighted by Crippen LogP contribution is -2.37. The van der Waals surface area contributed by atoms with Gasteiger partial charge in [0.2, 0.25) is 0 Å². The van der Waals surface area contributed by atoms with Crippen molar-refractivity contribution in [3.8, 4) is 21.1 Å². The summed E-state index contributed by atoms with van der Waals surface area (Å²) in [6, 6.07) is 10.4. The standard InChI is InChI=1S/C20H21FN4OS2/c1-14-19(28-20(22-14)15-2-4-16(21)5-3-15)17-6-7-18(24-23-17)27-13-10-25-8-11-26-12-9-25/h2-7H,8-13H2,1H3. The molecular weight excluding hydrogens is 395 g/mol. The van der Waals surface area contributed by atoms with E-state index in [4.69, 9.17) is 4.74 Å². The van der Waals surface area contributed by atoms with Crippen molar-refractivity contribution in [3.63, 3.8) is 0 Å². The summed E-state index contributed by atoms with van der Waals surface area (Å²) < 4.78 is 18.5. The topological polar surface area (TPSA) is 51.1 Å². The van der Waals surface area contributed by atoms with Gasteiger partial charge in [0.25, 0.3) is 0 Å². The molecule has 0 saturated carbocycles. The van der Waals surface area contributed by atoms with Crippen molar-refractivity contribution < 1.29 is 9.13 Å². The van der Waals surface area contributed by atoms with E-state index < -0.39 is 0 Å². The van der Waals surface area contributed by atoms with Crippen molar-refractivity contribution >= 4 is 23.1 Å². The first-order valence-corrected chi connectivity index (χ1v) is 11.0. The van der Waals surface area contributed by atoms with Gasteiger partial charge in [0.1, 0.15) is 21.5 Å². The summed E-state index contributed by atoms with van der Waals surface area (Å²) in [6.07, 6.45) is 0. The van der Waals surface area contributed by atoms with Crippen LogP contribution in [-0.2, 0) is 4.74 Å². The largest absolute Gasteiger partial charge is 0.379 e. The lowest BCUT2D eigenvalue weighted by molar-refractivity contribution is 0.0410. The smallest absolute Gasteiger partial charge is 0.124 e. The molecule has 3 aromatic rings. The summed E-state index contributed by atoms with van der Waals surface area (Å²) in [5.74, 6) is 0.743. The molecule has 0 unspecified atom stereocenters. The van der Waals surface area contributed by atoms with E-state index in [0.717, 1.165) is 70.5 Å². The minimum absolute atomic E-state index is 0.246. The van der Waals surface area contributed by atoms with E-state index in [-0.39, 0.29) is 5.82 Å². The molecule has 8 heteroatoms. The second kappa shape index (κ2) is 9.09. The minimum atomic E-state index is -0.246. The predicted molar refractivity (Wildman–Crippen MR) is 111 cm³/mol. The van der Waals surface area contributed by atoms with Gasteiger partial charge in [-0.25, -0.2) is 9.37 Å². The zero-order valence-corrected chi connectivity index (χ0v) is 17.2. The third-order valence-electron chi connectivity index (χ3n) is 4.52. The van der Waals surface area contributed by atoms with Crippen LogP contribution < -0.4 is 0 Å². The fourth-order valence-electron chi connectivity index (χ4n) is 2.97. The van der Waals surface area contributed by atoms with Gasteiger partial charge in [-0.1, -0.05) is 0 Å². The molecule has 5 nitrogen and oxygen atoms in total. The maximum atomic E-state index is 13.1.